The molecular weight excluding hydrogens is 276 g/mol. The van der Waals surface area contributed by atoms with E-state index in [2.05, 4.69) is 4.90 Å². The molecule has 1 N–H and O–H groups in total. The number of phenolic OH excluding ortho intramolecular Hbond substituents is 1. The van der Waals surface area contributed by atoms with E-state index in [1.807, 2.05) is 17.9 Å². The highest BCUT2D eigenvalue weighted by Crippen LogP contribution is 2.26. The summed E-state index contributed by atoms with van der Waals surface area (Å²) < 4.78 is 0. The van der Waals surface area contributed by atoms with Crippen LogP contribution >= 0.6 is 0 Å². The Morgan fingerprint density at radius 1 is 1.18 bits per heavy atom. The molecule has 1 amide bonds. The van der Waals surface area contributed by atoms with Crippen LogP contribution < -0.4 is 0 Å². The lowest BCUT2D eigenvalue weighted by atomic mass is 9.99. The second-order valence-electron chi connectivity index (χ2n) is 6.68. The van der Waals surface area contributed by atoms with Gasteiger partial charge in [-0.15, -0.1) is 0 Å². The molecule has 1 atom stereocenters. The number of aromatic hydroxyl groups is 1. The first-order valence-corrected chi connectivity index (χ1v) is 8.48. The predicted octanol–water partition coefficient (Wildman–Crippen LogP) is 2.79. The van der Waals surface area contributed by atoms with Crippen LogP contribution in [0.3, 0.4) is 0 Å². The molecule has 3 rings (SSSR count). The predicted molar refractivity (Wildman–Crippen MR) is 87.2 cm³/mol. The minimum atomic E-state index is -0.0126. The van der Waals surface area contributed by atoms with E-state index >= 15 is 0 Å². The molecule has 1 aromatic carbocycles. The summed E-state index contributed by atoms with van der Waals surface area (Å²) in [5.41, 5.74) is 1.42. The number of carbonyl (C=O) groups is 1. The lowest BCUT2D eigenvalue weighted by Crippen LogP contribution is -2.49. The third-order valence-corrected chi connectivity index (χ3v) is 4.94. The molecule has 4 nitrogen and oxygen atoms in total. The first kappa shape index (κ1) is 15.3. The smallest absolute Gasteiger partial charge is 0.257 e. The number of amides is 1. The Bertz CT molecular complexity index is 538. The van der Waals surface area contributed by atoms with Crippen molar-refractivity contribution < 1.29 is 9.90 Å². The van der Waals surface area contributed by atoms with E-state index < -0.39 is 0 Å². The standard InChI is InChI=1S/C18H26N2O2/c1-14-7-8-16(17(21)12-14)18(22)20-11-3-2-6-15(20)13-19-9-4-5-10-19/h7-8,12,15,21H,2-6,9-11,13H2,1H3. The maximum absolute atomic E-state index is 12.9. The molecule has 4 heteroatoms. The zero-order valence-corrected chi connectivity index (χ0v) is 13.4. The maximum Gasteiger partial charge on any atom is 0.257 e. The Hall–Kier alpha value is -1.55. The Labute approximate surface area is 132 Å². The molecule has 1 aromatic rings. The first-order chi connectivity index (χ1) is 10.6. The van der Waals surface area contributed by atoms with E-state index in [1.165, 1.54) is 19.3 Å². The molecule has 0 saturated carbocycles. The van der Waals surface area contributed by atoms with Crippen LogP contribution in [0.1, 0.15) is 48.0 Å². The van der Waals surface area contributed by atoms with Crippen molar-refractivity contribution in [3.8, 4) is 5.75 Å². The summed E-state index contributed by atoms with van der Waals surface area (Å²) in [7, 11) is 0. The largest absolute Gasteiger partial charge is 0.507 e. The number of aryl methyl sites for hydroxylation is 1. The fourth-order valence-corrected chi connectivity index (χ4v) is 3.70. The third kappa shape index (κ3) is 3.27. The SMILES string of the molecule is Cc1ccc(C(=O)N2CCCCC2CN2CCCC2)c(O)c1. The molecule has 2 heterocycles. The fourth-order valence-electron chi connectivity index (χ4n) is 3.70. The van der Waals surface area contributed by atoms with Gasteiger partial charge < -0.3 is 14.9 Å². The molecule has 2 saturated heterocycles. The summed E-state index contributed by atoms with van der Waals surface area (Å²) in [4.78, 5) is 17.3. The molecule has 0 bridgehead atoms. The Morgan fingerprint density at radius 3 is 2.64 bits per heavy atom. The number of phenols is 1. The van der Waals surface area contributed by atoms with Gasteiger partial charge in [0, 0.05) is 19.1 Å². The molecule has 120 valence electrons. The molecule has 2 aliphatic heterocycles. The second-order valence-corrected chi connectivity index (χ2v) is 6.68. The lowest BCUT2D eigenvalue weighted by Gasteiger charge is -2.38. The van der Waals surface area contributed by atoms with Crippen LogP contribution in [-0.2, 0) is 0 Å². The van der Waals surface area contributed by atoms with Gasteiger partial charge in [-0.2, -0.15) is 0 Å². The third-order valence-electron chi connectivity index (χ3n) is 4.94. The zero-order valence-electron chi connectivity index (χ0n) is 13.4. The zero-order chi connectivity index (χ0) is 15.5. The van der Waals surface area contributed by atoms with E-state index in [0.29, 0.717) is 11.6 Å². The Balaban J connectivity index is 1.75. The quantitative estimate of drug-likeness (QED) is 0.933. The summed E-state index contributed by atoms with van der Waals surface area (Å²) in [6.45, 7) is 6.04. The Morgan fingerprint density at radius 2 is 1.91 bits per heavy atom. The fraction of sp³-hybridized carbons (Fsp3) is 0.611. The lowest BCUT2D eigenvalue weighted by molar-refractivity contribution is 0.0557. The van der Waals surface area contributed by atoms with Crippen molar-refractivity contribution >= 4 is 5.91 Å². The second kappa shape index (κ2) is 6.69. The monoisotopic (exact) mass is 302 g/mol. The summed E-state index contributed by atoms with van der Waals surface area (Å²) in [5.74, 6) is 0.0943. The van der Waals surface area contributed by atoms with Gasteiger partial charge in [-0.05, 0) is 69.8 Å². The van der Waals surface area contributed by atoms with Gasteiger partial charge in [0.15, 0.2) is 0 Å². The van der Waals surface area contributed by atoms with Crippen LogP contribution in [0.5, 0.6) is 5.75 Å². The number of hydrogen-bond acceptors (Lipinski definition) is 3. The van der Waals surface area contributed by atoms with Crippen LogP contribution in [0.15, 0.2) is 18.2 Å². The van der Waals surface area contributed by atoms with Gasteiger partial charge in [-0.25, -0.2) is 0 Å². The van der Waals surface area contributed by atoms with Crippen molar-refractivity contribution in [3.63, 3.8) is 0 Å². The minimum Gasteiger partial charge on any atom is -0.507 e. The molecule has 0 spiro atoms. The molecule has 2 aliphatic rings. The van der Waals surface area contributed by atoms with Crippen LogP contribution in [0, 0.1) is 6.92 Å². The van der Waals surface area contributed by atoms with Gasteiger partial charge in [-0.1, -0.05) is 6.07 Å². The number of hydrogen-bond donors (Lipinski definition) is 1. The van der Waals surface area contributed by atoms with Crippen LogP contribution in [0.4, 0.5) is 0 Å². The van der Waals surface area contributed by atoms with Gasteiger partial charge in [-0.3, -0.25) is 4.79 Å². The minimum absolute atomic E-state index is 0.0126. The number of nitrogens with zero attached hydrogens (tertiary/aromatic N) is 2. The summed E-state index contributed by atoms with van der Waals surface area (Å²) in [5, 5.41) is 10.1. The van der Waals surface area contributed by atoms with Crippen molar-refractivity contribution in [3.05, 3.63) is 29.3 Å². The van der Waals surface area contributed by atoms with Crippen molar-refractivity contribution in [2.75, 3.05) is 26.2 Å². The maximum atomic E-state index is 12.9. The van der Waals surface area contributed by atoms with Gasteiger partial charge in [0.25, 0.3) is 5.91 Å². The van der Waals surface area contributed by atoms with E-state index in [9.17, 15) is 9.90 Å². The molecule has 1 unspecified atom stereocenters. The first-order valence-electron chi connectivity index (χ1n) is 8.48. The molecule has 0 radical (unpaired) electrons. The molecule has 22 heavy (non-hydrogen) atoms. The van der Waals surface area contributed by atoms with E-state index in [0.717, 1.165) is 44.6 Å². The van der Waals surface area contributed by atoms with Crippen molar-refractivity contribution in [2.24, 2.45) is 0 Å². The average molecular weight is 302 g/mol. The van der Waals surface area contributed by atoms with E-state index in [-0.39, 0.29) is 11.7 Å². The number of carbonyl (C=O) groups excluding carboxylic acids is 1. The summed E-state index contributed by atoms with van der Waals surface area (Å²) >= 11 is 0. The molecular formula is C18H26N2O2. The van der Waals surface area contributed by atoms with Crippen molar-refractivity contribution in [2.45, 2.75) is 45.1 Å². The highest BCUT2D eigenvalue weighted by molar-refractivity contribution is 5.97. The number of likely N-dealkylation sites (tertiary alicyclic amines) is 2. The van der Waals surface area contributed by atoms with E-state index in [4.69, 9.17) is 0 Å². The van der Waals surface area contributed by atoms with Crippen molar-refractivity contribution in [1.29, 1.82) is 0 Å². The highest BCUT2D eigenvalue weighted by atomic mass is 16.3. The summed E-state index contributed by atoms with van der Waals surface area (Å²) in [6, 6.07) is 5.62. The number of rotatable bonds is 3. The average Bonchev–Trinajstić information content (AvgIpc) is 3.00. The topological polar surface area (TPSA) is 43.8 Å². The van der Waals surface area contributed by atoms with Gasteiger partial charge in [0.05, 0.1) is 5.56 Å². The number of piperidine rings is 1. The van der Waals surface area contributed by atoms with E-state index in [1.54, 1.807) is 12.1 Å². The van der Waals surface area contributed by atoms with Crippen molar-refractivity contribution in [1.82, 2.24) is 9.80 Å². The van der Waals surface area contributed by atoms with Crippen LogP contribution in [0.2, 0.25) is 0 Å². The van der Waals surface area contributed by atoms with Gasteiger partial charge in [0.2, 0.25) is 0 Å². The Kier molecular flexibility index (Phi) is 4.67. The molecule has 0 aromatic heterocycles. The van der Waals surface area contributed by atoms with Gasteiger partial charge in [0.1, 0.15) is 5.75 Å². The highest BCUT2D eigenvalue weighted by Gasteiger charge is 2.30. The number of benzene rings is 1. The molecule has 2 fully saturated rings. The van der Waals surface area contributed by atoms with Crippen LogP contribution in [-0.4, -0.2) is 53.0 Å². The summed E-state index contributed by atoms with van der Waals surface area (Å²) in [6.07, 6.45) is 5.89. The van der Waals surface area contributed by atoms with Gasteiger partial charge >= 0.3 is 0 Å². The molecule has 0 aliphatic carbocycles. The normalized spacial score (nSPS) is 23.0. The van der Waals surface area contributed by atoms with Crippen LogP contribution in [0.25, 0.3) is 0 Å².